The molecule has 0 aliphatic carbocycles. The number of benzene rings is 1. The Hall–Kier alpha value is -1.87. The zero-order chi connectivity index (χ0) is 18.0. The fourth-order valence-corrected chi connectivity index (χ4v) is 4.04. The molecule has 0 bridgehead atoms. The van der Waals surface area contributed by atoms with E-state index in [2.05, 4.69) is 10.3 Å². The Morgan fingerprint density at radius 3 is 2.68 bits per heavy atom. The Morgan fingerprint density at radius 1 is 1.28 bits per heavy atom. The highest BCUT2D eigenvalue weighted by atomic mass is 35.5. The monoisotopic (exact) mass is 383 g/mol. The van der Waals surface area contributed by atoms with Gasteiger partial charge in [-0.2, -0.15) is 4.31 Å². The van der Waals surface area contributed by atoms with Gasteiger partial charge in [-0.1, -0.05) is 17.7 Å². The molecule has 2 aromatic rings. The number of carbonyl (C=O) groups is 1. The van der Waals surface area contributed by atoms with Crippen molar-refractivity contribution >= 4 is 33.2 Å². The van der Waals surface area contributed by atoms with Gasteiger partial charge < -0.3 is 15.0 Å². The molecule has 1 aromatic heterocycles. The van der Waals surface area contributed by atoms with Crippen LogP contribution < -0.4 is 5.32 Å². The summed E-state index contributed by atoms with van der Waals surface area (Å²) in [5.74, 6) is -0.441. The van der Waals surface area contributed by atoms with Gasteiger partial charge in [-0.15, -0.1) is 0 Å². The Bertz CT molecular complexity index is 889. The van der Waals surface area contributed by atoms with E-state index < -0.39 is 15.9 Å². The number of rotatable bonds is 4. The third-order valence-corrected chi connectivity index (χ3v) is 6.22. The molecule has 7 nitrogen and oxygen atoms in total. The minimum Gasteiger partial charge on any atom is -0.379 e. The number of hydrogen-bond acceptors (Lipinski definition) is 4. The normalized spacial score (nSPS) is 15.9. The molecular formula is C16H18ClN3O4S. The van der Waals surface area contributed by atoms with E-state index in [1.807, 2.05) is 6.92 Å². The van der Waals surface area contributed by atoms with Gasteiger partial charge in [-0.05, 0) is 30.7 Å². The second-order valence-corrected chi connectivity index (χ2v) is 8.03. The molecule has 0 saturated carbocycles. The summed E-state index contributed by atoms with van der Waals surface area (Å²) in [5, 5.41) is 3.23. The van der Waals surface area contributed by atoms with E-state index in [0.29, 0.717) is 37.0 Å². The Morgan fingerprint density at radius 2 is 2.00 bits per heavy atom. The van der Waals surface area contributed by atoms with Crippen LogP contribution in [-0.2, 0) is 14.8 Å². The van der Waals surface area contributed by atoms with Crippen LogP contribution in [0.4, 0.5) is 5.69 Å². The summed E-state index contributed by atoms with van der Waals surface area (Å²) in [5.41, 5.74) is 1.59. The summed E-state index contributed by atoms with van der Waals surface area (Å²) in [7, 11) is -3.64. The number of H-pyrrole nitrogens is 1. The fourth-order valence-electron chi connectivity index (χ4n) is 2.46. The number of amides is 1. The highest BCUT2D eigenvalue weighted by Gasteiger charge is 2.28. The number of anilines is 1. The molecule has 134 valence electrons. The highest BCUT2D eigenvalue weighted by molar-refractivity contribution is 7.89. The van der Waals surface area contributed by atoms with Gasteiger partial charge in [-0.25, -0.2) is 8.42 Å². The van der Waals surface area contributed by atoms with Crippen LogP contribution in [-0.4, -0.2) is 49.9 Å². The molecular weight excluding hydrogens is 366 g/mol. The first-order valence-corrected chi connectivity index (χ1v) is 9.53. The van der Waals surface area contributed by atoms with Crippen molar-refractivity contribution < 1.29 is 17.9 Å². The lowest BCUT2D eigenvalue weighted by atomic mass is 10.2. The molecule has 1 aliphatic rings. The van der Waals surface area contributed by atoms with Crippen LogP contribution >= 0.6 is 11.6 Å². The van der Waals surface area contributed by atoms with E-state index in [1.54, 1.807) is 18.2 Å². The summed E-state index contributed by atoms with van der Waals surface area (Å²) in [4.78, 5) is 15.1. The van der Waals surface area contributed by atoms with E-state index >= 15 is 0 Å². The van der Waals surface area contributed by atoms with Crippen molar-refractivity contribution in [3.8, 4) is 0 Å². The van der Waals surface area contributed by atoms with Crippen LogP contribution in [0.15, 0.2) is 35.4 Å². The van der Waals surface area contributed by atoms with Gasteiger partial charge in [0, 0.05) is 30.0 Å². The molecule has 1 amide bonds. The second-order valence-electron chi connectivity index (χ2n) is 5.68. The van der Waals surface area contributed by atoms with E-state index in [1.165, 1.54) is 16.6 Å². The number of aromatic amines is 1. The molecule has 0 radical (unpaired) electrons. The predicted molar refractivity (Wildman–Crippen MR) is 94.5 cm³/mol. The lowest BCUT2D eigenvalue weighted by Crippen LogP contribution is -2.40. The summed E-state index contributed by atoms with van der Waals surface area (Å²) >= 11 is 6.04. The third-order valence-electron chi connectivity index (χ3n) is 3.94. The molecule has 2 heterocycles. The lowest BCUT2D eigenvalue weighted by molar-refractivity contribution is 0.0730. The van der Waals surface area contributed by atoms with Gasteiger partial charge in [0.25, 0.3) is 5.91 Å². The molecule has 1 fully saturated rings. The van der Waals surface area contributed by atoms with Crippen molar-refractivity contribution in [2.24, 2.45) is 0 Å². The van der Waals surface area contributed by atoms with E-state index in [-0.39, 0.29) is 10.6 Å². The summed E-state index contributed by atoms with van der Waals surface area (Å²) in [6.45, 7) is 3.20. The number of halogens is 1. The van der Waals surface area contributed by atoms with Gasteiger partial charge in [0.05, 0.1) is 13.2 Å². The van der Waals surface area contributed by atoms with Crippen molar-refractivity contribution in [3.63, 3.8) is 0 Å². The Kier molecular flexibility index (Phi) is 5.14. The largest absolute Gasteiger partial charge is 0.379 e. The summed E-state index contributed by atoms with van der Waals surface area (Å²) in [6, 6.07) is 6.49. The third kappa shape index (κ3) is 3.87. The molecule has 1 saturated heterocycles. The molecule has 25 heavy (non-hydrogen) atoms. The number of nitrogens with one attached hydrogen (secondary N) is 2. The molecule has 0 spiro atoms. The van der Waals surface area contributed by atoms with Gasteiger partial charge in [0.1, 0.15) is 10.6 Å². The molecule has 0 unspecified atom stereocenters. The summed E-state index contributed by atoms with van der Waals surface area (Å²) in [6.07, 6.45) is 1.32. The first kappa shape index (κ1) is 17.9. The zero-order valence-electron chi connectivity index (χ0n) is 13.6. The Labute approximate surface area is 151 Å². The van der Waals surface area contributed by atoms with E-state index in [4.69, 9.17) is 16.3 Å². The van der Waals surface area contributed by atoms with Crippen LogP contribution in [0.2, 0.25) is 5.02 Å². The predicted octanol–water partition coefficient (Wildman–Crippen LogP) is 2.25. The number of aryl methyl sites for hydroxylation is 1. The molecule has 3 rings (SSSR count). The van der Waals surface area contributed by atoms with Crippen molar-refractivity contribution in [1.82, 2.24) is 9.29 Å². The van der Waals surface area contributed by atoms with Crippen molar-refractivity contribution in [2.45, 2.75) is 11.8 Å². The van der Waals surface area contributed by atoms with Crippen LogP contribution in [0, 0.1) is 6.92 Å². The second kappa shape index (κ2) is 7.17. The van der Waals surface area contributed by atoms with Gasteiger partial charge >= 0.3 is 0 Å². The molecule has 2 N–H and O–H groups in total. The summed E-state index contributed by atoms with van der Waals surface area (Å²) < 4.78 is 31.6. The minimum absolute atomic E-state index is 0.0569. The van der Waals surface area contributed by atoms with Gasteiger partial charge in [0.15, 0.2) is 0 Å². The van der Waals surface area contributed by atoms with Crippen molar-refractivity contribution in [1.29, 1.82) is 0 Å². The van der Waals surface area contributed by atoms with Crippen molar-refractivity contribution in [3.05, 3.63) is 46.7 Å². The van der Waals surface area contributed by atoms with E-state index in [0.717, 1.165) is 5.56 Å². The first-order chi connectivity index (χ1) is 11.9. The van der Waals surface area contributed by atoms with Gasteiger partial charge in [-0.3, -0.25) is 4.79 Å². The maximum absolute atomic E-state index is 12.6. The fraction of sp³-hybridized carbons (Fsp3) is 0.312. The number of ether oxygens (including phenoxy) is 1. The van der Waals surface area contributed by atoms with E-state index in [9.17, 15) is 13.2 Å². The number of carbonyl (C=O) groups excluding carboxylic acids is 1. The number of nitrogens with zero attached hydrogens (tertiary/aromatic N) is 1. The first-order valence-electron chi connectivity index (χ1n) is 7.72. The molecule has 9 heteroatoms. The zero-order valence-corrected chi connectivity index (χ0v) is 15.2. The average Bonchev–Trinajstić information content (AvgIpc) is 3.10. The lowest BCUT2D eigenvalue weighted by Gasteiger charge is -2.25. The molecule has 0 atom stereocenters. The van der Waals surface area contributed by atoms with Crippen LogP contribution in [0.25, 0.3) is 0 Å². The van der Waals surface area contributed by atoms with Crippen LogP contribution in [0.5, 0.6) is 0 Å². The van der Waals surface area contributed by atoms with Crippen molar-refractivity contribution in [2.75, 3.05) is 31.6 Å². The minimum atomic E-state index is -3.64. The number of sulfonamides is 1. The molecule has 1 aliphatic heterocycles. The maximum atomic E-state index is 12.6. The maximum Gasteiger partial charge on any atom is 0.272 e. The van der Waals surface area contributed by atoms with Gasteiger partial charge in [0.2, 0.25) is 10.0 Å². The number of morpholine rings is 1. The topological polar surface area (TPSA) is 91.5 Å². The molecule has 1 aromatic carbocycles. The van der Waals surface area contributed by atoms with Crippen LogP contribution in [0.1, 0.15) is 16.1 Å². The quantitative estimate of drug-likeness (QED) is 0.847. The SMILES string of the molecule is Cc1ccc(NC(=O)c2cc(S(=O)(=O)N3CCOCC3)c[nH]2)cc1Cl. The number of aromatic nitrogens is 1. The standard InChI is InChI=1S/C16H18ClN3O4S/c1-11-2-3-12(8-14(11)17)19-16(21)15-9-13(10-18-15)25(22,23)20-4-6-24-7-5-20/h2-3,8-10,18H,4-7H2,1H3,(H,19,21). The smallest absolute Gasteiger partial charge is 0.272 e. The Balaban J connectivity index is 1.76. The average molecular weight is 384 g/mol. The number of hydrogen-bond donors (Lipinski definition) is 2. The highest BCUT2D eigenvalue weighted by Crippen LogP contribution is 2.22. The van der Waals surface area contributed by atoms with Crippen LogP contribution in [0.3, 0.4) is 0 Å².